The number of hydrogen-bond acceptors (Lipinski definition) is 4. The highest BCUT2D eigenvalue weighted by atomic mass is 32.2. The van der Waals surface area contributed by atoms with Crippen molar-refractivity contribution in [1.82, 2.24) is 4.90 Å². The van der Waals surface area contributed by atoms with Crippen LogP contribution in [0, 0.1) is 0 Å². The van der Waals surface area contributed by atoms with Crippen molar-refractivity contribution in [2.75, 3.05) is 26.3 Å². The lowest BCUT2D eigenvalue weighted by atomic mass is 10.3. The van der Waals surface area contributed by atoms with Crippen LogP contribution >= 0.6 is 0 Å². The van der Waals surface area contributed by atoms with Crippen LogP contribution in [-0.2, 0) is 14.9 Å². The number of hydrogen-bond donors (Lipinski definition) is 1. The zero-order chi connectivity index (χ0) is 13.7. The van der Waals surface area contributed by atoms with Gasteiger partial charge >= 0.3 is 16.2 Å². The van der Waals surface area contributed by atoms with Crippen LogP contribution in [0.1, 0.15) is 0 Å². The van der Waals surface area contributed by atoms with Crippen molar-refractivity contribution < 1.29 is 17.9 Å². The largest absolute Gasteiger partial charge is 0.425 e. The lowest BCUT2D eigenvalue weighted by Crippen LogP contribution is -2.43. The van der Waals surface area contributed by atoms with Crippen molar-refractivity contribution >= 4 is 16.2 Å². The number of para-hydroxylation sites is 1. The number of rotatable bonds is 2. The molecule has 0 saturated carbocycles. The fourth-order valence-corrected chi connectivity index (χ4v) is 1.97. The Hall–Kier alpha value is -1.64. The average molecular weight is 285 g/mol. The quantitative estimate of drug-likeness (QED) is 0.607. The van der Waals surface area contributed by atoms with Gasteiger partial charge in [-0.15, -0.1) is 0 Å². The van der Waals surface area contributed by atoms with Gasteiger partial charge in [0.2, 0.25) is 0 Å². The third kappa shape index (κ3) is 4.51. The molecule has 1 fully saturated rings. The summed E-state index contributed by atoms with van der Waals surface area (Å²) in [5.74, 6) is 0.497. The van der Waals surface area contributed by atoms with Crippen molar-refractivity contribution in [1.29, 1.82) is 0 Å². The molecule has 0 amide bonds. The van der Waals surface area contributed by atoms with Gasteiger partial charge in [0, 0.05) is 13.1 Å². The van der Waals surface area contributed by atoms with Gasteiger partial charge in [0.25, 0.3) is 0 Å². The summed E-state index contributed by atoms with van der Waals surface area (Å²) in [7, 11) is -4.01. The molecule has 0 unspecified atom stereocenters. The first-order chi connectivity index (χ1) is 9.04. The first-order valence-corrected chi connectivity index (χ1v) is 7.23. The van der Waals surface area contributed by atoms with E-state index < -0.39 is 10.2 Å². The van der Waals surface area contributed by atoms with E-state index in [2.05, 4.69) is 4.40 Å². The summed E-state index contributed by atoms with van der Waals surface area (Å²) in [5, 5.41) is 4.94. The van der Waals surface area contributed by atoms with E-state index in [1.807, 2.05) is 6.07 Å². The van der Waals surface area contributed by atoms with Gasteiger partial charge in [-0.25, -0.2) is 5.14 Å². The summed E-state index contributed by atoms with van der Waals surface area (Å²) in [5.41, 5.74) is 0. The Balaban J connectivity index is 2.21. The third-order valence-electron chi connectivity index (χ3n) is 2.44. The van der Waals surface area contributed by atoms with E-state index in [1.54, 1.807) is 29.2 Å². The SMILES string of the molecule is NS(=O)(=O)N=C(Oc1ccccc1)N1CCOCC1. The molecule has 1 aliphatic rings. The zero-order valence-electron chi connectivity index (χ0n) is 10.2. The topological polar surface area (TPSA) is 94.2 Å². The second-order valence-electron chi connectivity index (χ2n) is 3.90. The van der Waals surface area contributed by atoms with Gasteiger partial charge in [-0.3, -0.25) is 0 Å². The van der Waals surface area contributed by atoms with Crippen molar-refractivity contribution in [3.05, 3.63) is 30.3 Å². The molecule has 104 valence electrons. The molecule has 0 bridgehead atoms. The molecule has 0 radical (unpaired) electrons. The predicted molar refractivity (Wildman–Crippen MR) is 70.0 cm³/mol. The van der Waals surface area contributed by atoms with Crippen LogP contribution in [0.2, 0.25) is 0 Å². The number of morpholine rings is 1. The third-order valence-corrected chi connectivity index (χ3v) is 2.85. The molecule has 0 atom stereocenters. The summed E-state index contributed by atoms with van der Waals surface area (Å²) < 4.78 is 36.4. The minimum Gasteiger partial charge on any atom is -0.425 e. The Morgan fingerprint density at radius 2 is 1.89 bits per heavy atom. The summed E-state index contributed by atoms with van der Waals surface area (Å²) in [6.07, 6.45) is 0. The van der Waals surface area contributed by atoms with E-state index in [0.717, 1.165) is 0 Å². The molecule has 0 spiro atoms. The number of ether oxygens (including phenoxy) is 2. The Morgan fingerprint density at radius 1 is 1.26 bits per heavy atom. The average Bonchev–Trinajstić information content (AvgIpc) is 2.39. The fraction of sp³-hybridized carbons (Fsp3) is 0.364. The zero-order valence-corrected chi connectivity index (χ0v) is 11.0. The Kier molecular flexibility index (Phi) is 4.35. The first kappa shape index (κ1) is 13.8. The van der Waals surface area contributed by atoms with Gasteiger partial charge in [-0.2, -0.15) is 8.42 Å². The van der Waals surface area contributed by atoms with Crippen molar-refractivity contribution in [2.24, 2.45) is 9.54 Å². The van der Waals surface area contributed by atoms with E-state index in [1.165, 1.54) is 0 Å². The van der Waals surface area contributed by atoms with Gasteiger partial charge in [0.05, 0.1) is 13.2 Å². The van der Waals surface area contributed by atoms with E-state index in [9.17, 15) is 8.42 Å². The van der Waals surface area contributed by atoms with Crippen molar-refractivity contribution in [3.63, 3.8) is 0 Å². The van der Waals surface area contributed by atoms with Crippen molar-refractivity contribution in [2.45, 2.75) is 0 Å². The molecular weight excluding hydrogens is 270 g/mol. The molecule has 1 aromatic carbocycles. The first-order valence-electron chi connectivity index (χ1n) is 5.73. The minimum absolute atomic E-state index is 0.0306. The van der Waals surface area contributed by atoms with Crippen LogP contribution in [0.3, 0.4) is 0 Å². The van der Waals surface area contributed by atoms with Gasteiger partial charge in [0.15, 0.2) is 0 Å². The van der Waals surface area contributed by atoms with Gasteiger partial charge < -0.3 is 14.4 Å². The molecule has 19 heavy (non-hydrogen) atoms. The number of nitrogens with zero attached hydrogens (tertiary/aromatic N) is 2. The smallest absolute Gasteiger partial charge is 0.321 e. The normalized spacial score (nSPS) is 17.3. The molecule has 1 saturated heterocycles. The molecule has 0 aliphatic carbocycles. The monoisotopic (exact) mass is 285 g/mol. The highest BCUT2D eigenvalue weighted by Gasteiger charge is 2.19. The maximum Gasteiger partial charge on any atom is 0.321 e. The molecule has 1 aliphatic heterocycles. The maximum absolute atomic E-state index is 11.1. The predicted octanol–water partition coefficient (Wildman–Crippen LogP) is -0.0429. The number of nitrogens with two attached hydrogens (primary N) is 1. The second kappa shape index (κ2) is 6.00. The Labute approximate surface area is 111 Å². The van der Waals surface area contributed by atoms with Crippen LogP contribution in [0.25, 0.3) is 0 Å². The molecule has 1 heterocycles. The summed E-state index contributed by atoms with van der Waals surface area (Å²) in [6.45, 7) is 1.98. The molecule has 0 aromatic heterocycles. The summed E-state index contributed by atoms with van der Waals surface area (Å²) >= 11 is 0. The van der Waals surface area contributed by atoms with Crippen LogP contribution in [0.4, 0.5) is 0 Å². The number of amidine groups is 1. The lowest BCUT2D eigenvalue weighted by Gasteiger charge is -2.28. The van der Waals surface area contributed by atoms with Crippen LogP contribution in [-0.4, -0.2) is 45.6 Å². The van der Waals surface area contributed by atoms with E-state index in [0.29, 0.717) is 32.1 Å². The minimum atomic E-state index is -4.01. The standard InChI is InChI=1S/C11H15N3O4S/c12-19(15,16)13-11(14-6-8-17-9-7-14)18-10-4-2-1-3-5-10/h1-5H,6-9H2,(H2,12,15,16). The molecule has 8 heteroatoms. The van der Waals surface area contributed by atoms with Gasteiger partial charge in [-0.1, -0.05) is 22.6 Å². The summed E-state index contributed by atoms with van der Waals surface area (Å²) in [4.78, 5) is 1.68. The van der Waals surface area contributed by atoms with Gasteiger partial charge in [0.1, 0.15) is 5.75 Å². The summed E-state index contributed by atoms with van der Waals surface area (Å²) in [6, 6.07) is 8.78. The number of benzene rings is 1. The second-order valence-corrected chi connectivity index (χ2v) is 5.12. The fourth-order valence-electron chi connectivity index (χ4n) is 1.60. The van der Waals surface area contributed by atoms with E-state index in [-0.39, 0.29) is 6.02 Å². The van der Waals surface area contributed by atoms with Crippen LogP contribution in [0.15, 0.2) is 34.7 Å². The van der Waals surface area contributed by atoms with Crippen LogP contribution < -0.4 is 9.88 Å². The highest BCUT2D eigenvalue weighted by molar-refractivity contribution is 7.88. The molecule has 1 aromatic rings. The molecular formula is C11H15N3O4S. The lowest BCUT2D eigenvalue weighted by molar-refractivity contribution is 0.0616. The highest BCUT2D eigenvalue weighted by Crippen LogP contribution is 2.11. The Bertz CT molecular complexity index is 538. The molecule has 2 N–H and O–H groups in total. The van der Waals surface area contributed by atoms with Crippen molar-refractivity contribution in [3.8, 4) is 5.75 Å². The van der Waals surface area contributed by atoms with Crippen LogP contribution in [0.5, 0.6) is 5.75 Å². The molecule has 2 rings (SSSR count). The van der Waals surface area contributed by atoms with E-state index in [4.69, 9.17) is 14.6 Å². The van der Waals surface area contributed by atoms with Gasteiger partial charge in [-0.05, 0) is 12.1 Å². The Morgan fingerprint density at radius 3 is 2.47 bits per heavy atom. The molecule has 7 nitrogen and oxygen atoms in total. The van der Waals surface area contributed by atoms with E-state index >= 15 is 0 Å². The maximum atomic E-state index is 11.1.